The Labute approximate surface area is 107 Å². The van der Waals surface area contributed by atoms with Gasteiger partial charge in [0.1, 0.15) is 0 Å². The molecule has 0 aliphatic rings. The van der Waals surface area contributed by atoms with E-state index in [1.165, 1.54) is 11.1 Å². The van der Waals surface area contributed by atoms with Crippen molar-refractivity contribution < 1.29 is 5.11 Å². The molecule has 94 valence electrons. The van der Waals surface area contributed by atoms with Gasteiger partial charge in [-0.05, 0) is 67.6 Å². The first-order valence-electron chi connectivity index (χ1n) is 6.13. The highest BCUT2D eigenvalue weighted by Gasteiger charge is 2.07. The highest BCUT2D eigenvalue weighted by atomic mass is 31.1. The number of hydrogen-bond donors (Lipinski definition) is 0. The number of aryl methyl sites for hydroxylation is 2. The molecule has 1 aromatic rings. The fourth-order valence-corrected chi connectivity index (χ4v) is 2.99. The van der Waals surface area contributed by atoms with Crippen LogP contribution >= 0.6 is 8.20 Å². The van der Waals surface area contributed by atoms with Gasteiger partial charge in [0.05, 0.1) is 0 Å². The third-order valence-electron chi connectivity index (χ3n) is 3.17. The van der Waals surface area contributed by atoms with Gasteiger partial charge in [-0.25, -0.2) is 0 Å². The summed E-state index contributed by atoms with van der Waals surface area (Å²) in [5, 5.41) is 12.2. The quantitative estimate of drug-likeness (QED) is 0.753. The minimum Gasteiger partial charge on any atom is -0.824 e. The second-order valence-corrected chi connectivity index (χ2v) is 6.26. The van der Waals surface area contributed by atoms with E-state index in [0.717, 1.165) is 31.1 Å². The Kier molecular flexibility index (Phi) is 4.91. The van der Waals surface area contributed by atoms with Crippen molar-refractivity contribution in [1.29, 1.82) is 0 Å². The van der Waals surface area contributed by atoms with Crippen LogP contribution in [-0.4, -0.2) is 11.6 Å². The topological polar surface area (TPSA) is 23.1 Å². The Morgan fingerprint density at radius 2 is 1.71 bits per heavy atom. The van der Waals surface area contributed by atoms with Gasteiger partial charge in [-0.15, -0.1) is 13.7 Å². The fourth-order valence-electron chi connectivity index (χ4n) is 1.96. The van der Waals surface area contributed by atoms with Crippen LogP contribution in [0.2, 0.25) is 0 Å². The molecule has 0 aliphatic carbocycles. The standard InChI is InChI=1S/C15H23OP/c1-9(2)8-17-15(16)14-11(4)7-10(3)12(5)13(14)6/h7,9,16H,8H2,1-6H3/p-1. The zero-order chi connectivity index (χ0) is 13.2. The van der Waals surface area contributed by atoms with Crippen molar-refractivity contribution >= 4 is 13.7 Å². The van der Waals surface area contributed by atoms with Gasteiger partial charge in [-0.3, -0.25) is 0 Å². The van der Waals surface area contributed by atoms with Crippen molar-refractivity contribution in [3.05, 3.63) is 33.9 Å². The maximum atomic E-state index is 12.2. The van der Waals surface area contributed by atoms with Crippen molar-refractivity contribution in [1.82, 2.24) is 0 Å². The lowest BCUT2D eigenvalue weighted by Gasteiger charge is -2.21. The lowest BCUT2D eigenvalue weighted by molar-refractivity contribution is -0.207. The largest absolute Gasteiger partial charge is 0.824 e. The molecule has 0 bridgehead atoms. The van der Waals surface area contributed by atoms with Gasteiger partial charge >= 0.3 is 0 Å². The van der Waals surface area contributed by atoms with Crippen molar-refractivity contribution in [3.8, 4) is 0 Å². The van der Waals surface area contributed by atoms with E-state index in [0.29, 0.717) is 5.92 Å². The molecule has 0 spiro atoms. The summed E-state index contributed by atoms with van der Waals surface area (Å²) < 4.78 is 0. The van der Waals surface area contributed by atoms with Crippen molar-refractivity contribution in [3.63, 3.8) is 0 Å². The molecule has 0 atom stereocenters. The predicted octanol–water partition coefficient (Wildman–Crippen LogP) is 3.36. The van der Waals surface area contributed by atoms with E-state index in [1.807, 2.05) is 6.92 Å². The van der Waals surface area contributed by atoms with Crippen molar-refractivity contribution in [2.24, 2.45) is 5.92 Å². The predicted molar refractivity (Wildman–Crippen MR) is 76.1 cm³/mol. The summed E-state index contributed by atoms with van der Waals surface area (Å²) in [7, 11) is 0.926. The van der Waals surface area contributed by atoms with Gasteiger partial charge in [0.25, 0.3) is 0 Å². The zero-order valence-electron chi connectivity index (χ0n) is 11.7. The van der Waals surface area contributed by atoms with Gasteiger partial charge in [0.15, 0.2) is 0 Å². The van der Waals surface area contributed by atoms with Crippen LogP contribution in [0.3, 0.4) is 0 Å². The van der Waals surface area contributed by atoms with Crippen LogP contribution in [0.1, 0.15) is 41.7 Å². The fraction of sp³-hybridized carbons (Fsp3) is 0.533. The van der Waals surface area contributed by atoms with Gasteiger partial charge in [-0.2, -0.15) is 0 Å². The summed E-state index contributed by atoms with van der Waals surface area (Å²) >= 11 is 0. The monoisotopic (exact) mass is 249 g/mol. The van der Waals surface area contributed by atoms with Crippen LogP contribution in [0.15, 0.2) is 6.07 Å². The minimum absolute atomic E-state index is 0.275. The maximum absolute atomic E-state index is 12.2. The maximum Gasteiger partial charge on any atom is -0.00927 e. The minimum atomic E-state index is 0.275. The molecule has 0 unspecified atom stereocenters. The summed E-state index contributed by atoms with van der Waals surface area (Å²) in [4.78, 5) is 0. The molecule has 0 saturated carbocycles. The van der Waals surface area contributed by atoms with E-state index >= 15 is 0 Å². The molecular formula is C15H22OP-. The lowest BCUT2D eigenvalue weighted by atomic mass is 9.95. The van der Waals surface area contributed by atoms with Crippen molar-refractivity contribution in [2.45, 2.75) is 41.5 Å². The third kappa shape index (κ3) is 3.40. The average molecular weight is 249 g/mol. The van der Waals surface area contributed by atoms with E-state index in [1.54, 1.807) is 0 Å². The average Bonchev–Trinajstić information content (AvgIpc) is 2.23. The first-order valence-corrected chi connectivity index (χ1v) is 7.21. The molecule has 0 fully saturated rings. The lowest BCUT2D eigenvalue weighted by Crippen LogP contribution is -2.20. The molecule has 0 N–H and O–H groups in total. The van der Waals surface area contributed by atoms with Crippen LogP contribution < -0.4 is 5.11 Å². The van der Waals surface area contributed by atoms with Crippen LogP contribution in [0.4, 0.5) is 0 Å². The second-order valence-electron chi connectivity index (χ2n) is 5.18. The first-order chi connectivity index (χ1) is 7.84. The third-order valence-corrected chi connectivity index (χ3v) is 4.59. The molecule has 0 radical (unpaired) electrons. The molecular weight excluding hydrogens is 227 g/mol. The molecule has 0 saturated heterocycles. The SMILES string of the molecule is Cc1cc(C)c(C([O-])=PCC(C)C)c(C)c1C. The van der Waals surface area contributed by atoms with Crippen LogP contribution in [-0.2, 0) is 0 Å². The van der Waals surface area contributed by atoms with Crippen LogP contribution in [0.5, 0.6) is 0 Å². The molecule has 1 nitrogen and oxygen atoms in total. The Balaban J connectivity index is 3.22. The zero-order valence-corrected chi connectivity index (χ0v) is 12.6. The van der Waals surface area contributed by atoms with Crippen LogP contribution in [0, 0.1) is 33.6 Å². The molecule has 17 heavy (non-hydrogen) atoms. The highest BCUT2D eigenvalue weighted by Crippen LogP contribution is 2.23. The van der Waals surface area contributed by atoms with Gasteiger partial charge in [0.2, 0.25) is 0 Å². The van der Waals surface area contributed by atoms with E-state index in [2.05, 4.69) is 40.7 Å². The summed E-state index contributed by atoms with van der Waals surface area (Å²) in [6.07, 6.45) is 0.949. The number of rotatable bonds is 3. The number of benzene rings is 1. The van der Waals surface area contributed by atoms with E-state index < -0.39 is 0 Å². The summed E-state index contributed by atoms with van der Waals surface area (Å²) in [5.41, 5.74) is 6.01. The molecule has 0 heterocycles. The molecule has 2 heteroatoms. The highest BCUT2D eigenvalue weighted by molar-refractivity contribution is 7.40. The summed E-state index contributed by atoms with van der Waals surface area (Å²) in [5.74, 6) is 0.577. The molecule has 1 aromatic carbocycles. The Morgan fingerprint density at radius 3 is 2.24 bits per heavy atom. The van der Waals surface area contributed by atoms with Crippen LogP contribution in [0.25, 0.3) is 0 Å². The van der Waals surface area contributed by atoms with E-state index in [9.17, 15) is 5.11 Å². The molecule has 0 amide bonds. The Hall–Kier alpha value is -0.650. The Bertz CT molecular complexity index is 445. The van der Waals surface area contributed by atoms with Gasteiger partial charge < -0.3 is 5.11 Å². The number of hydrogen-bond acceptors (Lipinski definition) is 1. The van der Waals surface area contributed by atoms with Gasteiger partial charge in [0, 0.05) is 0 Å². The normalized spacial score (nSPS) is 12.4. The Morgan fingerprint density at radius 1 is 1.12 bits per heavy atom. The molecule has 0 aromatic heterocycles. The second kappa shape index (κ2) is 5.80. The van der Waals surface area contributed by atoms with Gasteiger partial charge in [-0.1, -0.05) is 19.9 Å². The molecule has 1 rings (SSSR count). The van der Waals surface area contributed by atoms with E-state index in [-0.39, 0.29) is 5.48 Å². The van der Waals surface area contributed by atoms with E-state index in [4.69, 9.17) is 0 Å². The summed E-state index contributed by atoms with van der Waals surface area (Å²) in [6, 6.07) is 2.13. The summed E-state index contributed by atoms with van der Waals surface area (Å²) in [6.45, 7) is 12.6. The smallest absolute Gasteiger partial charge is 0.00927 e. The molecule has 0 aliphatic heterocycles. The van der Waals surface area contributed by atoms with Crippen molar-refractivity contribution in [2.75, 3.05) is 6.16 Å². The first kappa shape index (κ1) is 14.4.